The molecule has 0 fully saturated rings. The number of carbonyl (C=O) groups excluding carboxylic acids is 1. The number of carboxylic acid groups (broad SMARTS) is 1. The van der Waals surface area contributed by atoms with E-state index < -0.39 is 5.97 Å². The fourth-order valence-electron chi connectivity index (χ4n) is 7.34. The van der Waals surface area contributed by atoms with Crippen molar-refractivity contribution in [3.05, 3.63) is 0 Å². The third-order valence-corrected chi connectivity index (χ3v) is 10.6. The molecule has 0 radical (unpaired) electrons. The zero-order chi connectivity index (χ0) is 36.0. The van der Waals surface area contributed by atoms with Crippen LogP contribution in [0.15, 0.2) is 4.99 Å². The predicted octanol–water partition coefficient (Wildman–Crippen LogP) is 13.4. The Balaban J connectivity index is 1.78. The third-order valence-electron chi connectivity index (χ3n) is 10.6. The summed E-state index contributed by atoms with van der Waals surface area (Å²) in [6.07, 6.45) is 44.5. The molecule has 0 atom stereocenters. The lowest BCUT2D eigenvalue weighted by atomic mass is 10.0. The molecule has 0 saturated carbocycles. The van der Waals surface area contributed by atoms with Gasteiger partial charge in [-0.25, -0.2) is 0 Å². The summed E-state index contributed by atoms with van der Waals surface area (Å²) in [7, 11) is 0. The minimum absolute atomic E-state index is 0.0134. The molecule has 6 heteroatoms. The van der Waals surface area contributed by atoms with Gasteiger partial charge in [0.1, 0.15) is 0 Å². The smallest absolute Gasteiger partial charge is 0.305 e. The monoisotopic (exact) mass is 705 g/mol. The molecule has 1 aliphatic rings. The summed E-state index contributed by atoms with van der Waals surface area (Å²) in [6.45, 7) is 6.21. The molecule has 1 aliphatic heterocycles. The Bertz CT molecular complexity index is 786. The van der Waals surface area contributed by atoms with Crippen molar-refractivity contribution in [2.24, 2.45) is 4.99 Å². The van der Waals surface area contributed by atoms with Gasteiger partial charge in [0.25, 0.3) is 0 Å². The summed E-state index contributed by atoms with van der Waals surface area (Å²) >= 11 is 0. The van der Waals surface area contributed by atoms with Crippen LogP contribution in [0.25, 0.3) is 0 Å². The first-order chi connectivity index (χ1) is 24.6. The molecule has 0 aromatic rings. The molecule has 0 aromatic heterocycles. The minimum atomic E-state index is -0.663. The zero-order valence-corrected chi connectivity index (χ0v) is 33.4. The van der Waals surface area contributed by atoms with E-state index in [0.717, 1.165) is 51.6 Å². The van der Waals surface area contributed by atoms with Gasteiger partial charge in [0.05, 0.1) is 19.0 Å². The second kappa shape index (κ2) is 37.2. The molecule has 0 amide bonds. The SMILES string of the molecule is CCCCCCCCCCCCCCOC(=O)CCCCCCCCCCCCCN1CCN=C1CCCCCCCCCCCCC(=O)O. The molecule has 0 unspecified atom stereocenters. The first kappa shape index (κ1) is 46.4. The van der Waals surface area contributed by atoms with Crippen LogP contribution in [0.4, 0.5) is 0 Å². The average molecular weight is 705 g/mol. The Kier molecular flexibility index (Phi) is 34.5. The van der Waals surface area contributed by atoms with Crippen molar-refractivity contribution in [3.8, 4) is 0 Å². The summed E-state index contributed by atoms with van der Waals surface area (Å²) in [5.74, 6) is 0.724. The molecule has 0 saturated heterocycles. The predicted molar refractivity (Wildman–Crippen MR) is 214 cm³/mol. The highest BCUT2D eigenvalue weighted by molar-refractivity contribution is 5.83. The van der Waals surface area contributed by atoms with Gasteiger partial charge in [-0.1, -0.05) is 187 Å². The second-order valence-corrected chi connectivity index (χ2v) is 15.5. The molecule has 0 bridgehead atoms. The van der Waals surface area contributed by atoms with E-state index in [0.29, 0.717) is 19.4 Å². The Morgan fingerprint density at radius 2 is 0.940 bits per heavy atom. The Morgan fingerprint density at radius 3 is 1.42 bits per heavy atom. The van der Waals surface area contributed by atoms with Gasteiger partial charge in [0.15, 0.2) is 0 Å². The van der Waals surface area contributed by atoms with Gasteiger partial charge in [-0.15, -0.1) is 0 Å². The first-order valence-electron chi connectivity index (χ1n) is 22.3. The van der Waals surface area contributed by atoms with E-state index in [1.54, 1.807) is 0 Å². The van der Waals surface area contributed by atoms with Gasteiger partial charge in [-0.3, -0.25) is 14.6 Å². The molecule has 294 valence electrons. The van der Waals surface area contributed by atoms with E-state index >= 15 is 0 Å². The van der Waals surface area contributed by atoms with Crippen molar-refractivity contribution in [2.75, 3.05) is 26.2 Å². The van der Waals surface area contributed by atoms with E-state index in [4.69, 9.17) is 14.8 Å². The number of ether oxygens (including phenoxy) is 1. The molecule has 1 heterocycles. The largest absolute Gasteiger partial charge is 0.481 e. The highest BCUT2D eigenvalue weighted by atomic mass is 16.5. The van der Waals surface area contributed by atoms with Crippen LogP contribution < -0.4 is 0 Å². The molecule has 0 aromatic carbocycles. The van der Waals surface area contributed by atoms with Crippen molar-refractivity contribution in [1.82, 2.24) is 4.90 Å². The molecule has 6 nitrogen and oxygen atoms in total. The number of aliphatic imine (C=N–C) groups is 1. The minimum Gasteiger partial charge on any atom is -0.481 e. The number of hydrogen-bond donors (Lipinski definition) is 1. The van der Waals surface area contributed by atoms with Crippen molar-refractivity contribution in [3.63, 3.8) is 0 Å². The molecule has 1 rings (SSSR count). The van der Waals surface area contributed by atoms with Crippen LogP contribution in [0.5, 0.6) is 0 Å². The fourth-order valence-corrected chi connectivity index (χ4v) is 7.34. The molecule has 0 spiro atoms. The molecule has 50 heavy (non-hydrogen) atoms. The second-order valence-electron chi connectivity index (χ2n) is 15.5. The summed E-state index contributed by atoms with van der Waals surface area (Å²) < 4.78 is 5.46. The number of aliphatic carboxylic acids is 1. The Morgan fingerprint density at radius 1 is 0.540 bits per heavy atom. The zero-order valence-electron chi connectivity index (χ0n) is 33.4. The van der Waals surface area contributed by atoms with Crippen LogP contribution >= 0.6 is 0 Å². The highest BCUT2D eigenvalue weighted by Crippen LogP contribution is 2.17. The lowest BCUT2D eigenvalue weighted by molar-refractivity contribution is -0.144. The Hall–Kier alpha value is -1.59. The lowest BCUT2D eigenvalue weighted by Gasteiger charge is -2.20. The fraction of sp³-hybridized carbons (Fsp3) is 0.932. The van der Waals surface area contributed by atoms with Crippen LogP contribution in [0, 0.1) is 0 Å². The lowest BCUT2D eigenvalue weighted by Crippen LogP contribution is -2.28. The van der Waals surface area contributed by atoms with Gasteiger partial charge >= 0.3 is 11.9 Å². The highest BCUT2D eigenvalue weighted by Gasteiger charge is 2.15. The number of carboxylic acids is 1. The van der Waals surface area contributed by atoms with Gasteiger partial charge in [-0.05, 0) is 32.1 Å². The van der Waals surface area contributed by atoms with Gasteiger partial charge < -0.3 is 14.7 Å². The third kappa shape index (κ3) is 32.3. The first-order valence-corrected chi connectivity index (χ1v) is 22.3. The topological polar surface area (TPSA) is 79.2 Å². The molecular weight excluding hydrogens is 620 g/mol. The van der Waals surface area contributed by atoms with E-state index in [-0.39, 0.29) is 5.97 Å². The average Bonchev–Trinajstić information content (AvgIpc) is 3.56. The van der Waals surface area contributed by atoms with E-state index in [2.05, 4.69) is 11.8 Å². The van der Waals surface area contributed by atoms with Crippen molar-refractivity contribution in [1.29, 1.82) is 0 Å². The summed E-state index contributed by atoms with van der Waals surface area (Å²) in [5, 5.41) is 8.69. The number of hydrogen-bond acceptors (Lipinski definition) is 5. The quantitative estimate of drug-likeness (QED) is 0.0507. The summed E-state index contributed by atoms with van der Waals surface area (Å²) in [4.78, 5) is 29.9. The van der Waals surface area contributed by atoms with Gasteiger partial charge in [0, 0.05) is 32.4 Å². The number of amidine groups is 1. The van der Waals surface area contributed by atoms with Crippen LogP contribution in [0.2, 0.25) is 0 Å². The normalized spacial score (nSPS) is 12.9. The molecule has 1 N–H and O–H groups in total. The van der Waals surface area contributed by atoms with Crippen molar-refractivity contribution < 1.29 is 19.4 Å². The maximum Gasteiger partial charge on any atom is 0.305 e. The van der Waals surface area contributed by atoms with Crippen molar-refractivity contribution >= 4 is 17.8 Å². The van der Waals surface area contributed by atoms with E-state index in [9.17, 15) is 9.59 Å². The summed E-state index contributed by atoms with van der Waals surface area (Å²) in [6, 6.07) is 0. The van der Waals surface area contributed by atoms with Crippen LogP contribution in [0.3, 0.4) is 0 Å². The Labute approximate surface area is 310 Å². The van der Waals surface area contributed by atoms with Crippen molar-refractivity contribution in [2.45, 2.75) is 238 Å². The van der Waals surface area contributed by atoms with Crippen LogP contribution in [-0.2, 0) is 14.3 Å². The standard InChI is InChI=1S/C44H84N2O4/c1-2-3-4-5-6-7-8-14-19-24-29-34-41-50-44(49)37-32-27-22-17-10-9-13-18-23-28-33-39-46-40-38-45-42(46)35-30-25-20-15-11-12-16-21-26-31-36-43(47)48/h2-41H2,1H3,(H,47,48). The maximum atomic E-state index is 12.0. The van der Waals surface area contributed by atoms with Crippen LogP contribution in [-0.4, -0.2) is 54.0 Å². The summed E-state index contributed by atoms with van der Waals surface area (Å²) in [5.41, 5.74) is 0. The van der Waals surface area contributed by atoms with E-state index in [1.807, 2.05) is 0 Å². The van der Waals surface area contributed by atoms with Gasteiger partial charge in [0.2, 0.25) is 0 Å². The number of nitrogens with zero attached hydrogens (tertiary/aromatic N) is 2. The molecule has 0 aliphatic carbocycles. The molecular formula is C44H84N2O4. The number of unbranched alkanes of at least 4 members (excludes halogenated alkanes) is 30. The van der Waals surface area contributed by atoms with Gasteiger partial charge in [-0.2, -0.15) is 0 Å². The number of esters is 1. The number of carbonyl (C=O) groups is 2. The number of rotatable bonds is 40. The van der Waals surface area contributed by atoms with Crippen LogP contribution in [0.1, 0.15) is 238 Å². The van der Waals surface area contributed by atoms with E-state index in [1.165, 1.54) is 192 Å². The maximum absolute atomic E-state index is 12.0.